The number of aryl methyl sites for hydroxylation is 2. The van der Waals surface area contributed by atoms with Gasteiger partial charge in [0.15, 0.2) is 0 Å². The van der Waals surface area contributed by atoms with Crippen molar-refractivity contribution < 1.29 is 0 Å². The smallest absolute Gasteiger partial charge is 0.0792 e. The number of thioether (sulfide) groups is 1. The lowest BCUT2D eigenvalue weighted by Gasteiger charge is -2.14. The summed E-state index contributed by atoms with van der Waals surface area (Å²) in [5.41, 5.74) is 2.73. The summed E-state index contributed by atoms with van der Waals surface area (Å²) in [6, 6.07) is 8.64. The third-order valence-corrected chi connectivity index (χ3v) is 4.95. The number of nitrogens with zero attached hydrogens (tertiary/aromatic N) is 1. The fourth-order valence-electron chi connectivity index (χ4n) is 2.52. The Labute approximate surface area is 112 Å². The number of para-hydroxylation sites is 1. The molecule has 0 N–H and O–H groups in total. The zero-order valence-electron chi connectivity index (χ0n) is 10.8. The van der Waals surface area contributed by atoms with Gasteiger partial charge in [0.25, 0.3) is 0 Å². The lowest BCUT2D eigenvalue weighted by atomic mass is 10.2. The third kappa shape index (κ3) is 1.91. The van der Waals surface area contributed by atoms with Crippen LogP contribution in [0, 0.1) is 6.92 Å². The van der Waals surface area contributed by atoms with E-state index in [9.17, 15) is 0 Å². The second kappa shape index (κ2) is 4.69. The van der Waals surface area contributed by atoms with Gasteiger partial charge in [0.05, 0.1) is 5.03 Å². The van der Waals surface area contributed by atoms with Crippen molar-refractivity contribution in [2.75, 3.05) is 0 Å². The Morgan fingerprint density at radius 3 is 2.78 bits per heavy atom. The molecule has 1 aromatic carbocycles. The number of rotatable bonds is 2. The van der Waals surface area contributed by atoms with Gasteiger partial charge in [0.1, 0.15) is 0 Å². The Kier molecular flexibility index (Phi) is 3.04. The molecule has 0 radical (unpaired) electrons. The van der Waals surface area contributed by atoms with E-state index >= 15 is 0 Å². The van der Waals surface area contributed by atoms with Gasteiger partial charge in [-0.05, 0) is 25.0 Å². The molecule has 0 spiro atoms. The maximum absolute atomic E-state index is 2.32. The first kappa shape index (κ1) is 11.7. The van der Waals surface area contributed by atoms with Crippen LogP contribution in [0.15, 0.2) is 53.6 Å². The Balaban J connectivity index is 2.01. The molecule has 18 heavy (non-hydrogen) atoms. The van der Waals surface area contributed by atoms with Gasteiger partial charge in [-0.2, -0.15) is 0 Å². The molecule has 0 saturated carbocycles. The predicted molar refractivity (Wildman–Crippen MR) is 80.2 cm³/mol. The zero-order valence-corrected chi connectivity index (χ0v) is 11.6. The molecule has 1 aliphatic rings. The Morgan fingerprint density at radius 2 is 2.06 bits per heavy atom. The van der Waals surface area contributed by atoms with E-state index in [1.54, 1.807) is 0 Å². The summed E-state index contributed by atoms with van der Waals surface area (Å²) in [6.45, 7) is 2.23. The largest absolute Gasteiger partial charge is 0.339 e. The first-order chi connectivity index (χ1) is 8.77. The number of fused-ring (bicyclic) bond motifs is 1. The lowest BCUT2D eigenvalue weighted by molar-refractivity contribution is 0.847. The molecule has 0 fully saturated rings. The second-order valence-electron chi connectivity index (χ2n) is 4.71. The van der Waals surface area contributed by atoms with Gasteiger partial charge in [-0.1, -0.05) is 42.5 Å². The van der Waals surface area contributed by atoms with E-state index in [4.69, 9.17) is 0 Å². The normalized spacial score (nSPS) is 18.7. The van der Waals surface area contributed by atoms with Crippen molar-refractivity contribution in [2.24, 2.45) is 7.05 Å². The van der Waals surface area contributed by atoms with Crippen LogP contribution in [0.25, 0.3) is 10.9 Å². The number of allylic oxidation sites excluding steroid dienone is 3. The molecule has 1 nitrogen and oxygen atoms in total. The molecule has 1 unspecified atom stereocenters. The van der Waals surface area contributed by atoms with Gasteiger partial charge in [0.2, 0.25) is 0 Å². The van der Waals surface area contributed by atoms with E-state index in [0.717, 1.165) is 6.42 Å². The highest BCUT2D eigenvalue weighted by Gasteiger charge is 2.15. The van der Waals surface area contributed by atoms with Crippen molar-refractivity contribution in [3.63, 3.8) is 0 Å². The van der Waals surface area contributed by atoms with Gasteiger partial charge in [-0.3, -0.25) is 0 Å². The molecule has 1 heterocycles. The van der Waals surface area contributed by atoms with Crippen LogP contribution in [0.3, 0.4) is 0 Å². The molecule has 0 saturated heterocycles. The first-order valence-electron chi connectivity index (χ1n) is 6.31. The Bertz CT molecular complexity index is 595. The average molecular weight is 255 g/mol. The van der Waals surface area contributed by atoms with E-state index in [-0.39, 0.29) is 0 Å². The van der Waals surface area contributed by atoms with Crippen molar-refractivity contribution in [3.05, 3.63) is 54.1 Å². The van der Waals surface area contributed by atoms with Crippen LogP contribution in [-0.4, -0.2) is 9.82 Å². The average Bonchev–Trinajstić information content (AvgIpc) is 2.66. The lowest BCUT2D eigenvalue weighted by Crippen LogP contribution is -2.01. The number of hydrogen-bond acceptors (Lipinski definition) is 1. The van der Waals surface area contributed by atoms with Crippen molar-refractivity contribution >= 4 is 22.7 Å². The van der Waals surface area contributed by atoms with Crippen LogP contribution < -0.4 is 0 Å². The minimum atomic E-state index is 0.566. The Morgan fingerprint density at radius 1 is 1.22 bits per heavy atom. The Hall–Kier alpha value is -1.41. The second-order valence-corrected chi connectivity index (χ2v) is 5.94. The molecule has 0 aliphatic heterocycles. The third-order valence-electron chi connectivity index (χ3n) is 3.50. The molecule has 1 atom stereocenters. The van der Waals surface area contributed by atoms with Crippen molar-refractivity contribution in [1.82, 2.24) is 4.57 Å². The summed E-state index contributed by atoms with van der Waals surface area (Å²) in [5, 5.41) is 3.33. The van der Waals surface area contributed by atoms with Crippen molar-refractivity contribution in [1.29, 1.82) is 0 Å². The van der Waals surface area contributed by atoms with Crippen LogP contribution in [0.2, 0.25) is 0 Å². The highest BCUT2D eigenvalue weighted by atomic mass is 32.2. The molecule has 0 bridgehead atoms. The van der Waals surface area contributed by atoms with E-state index in [2.05, 4.69) is 67.1 Å². The molecular formula is C16H17NS. The summed E-state index contributed by atoms with van der Waals surface area (Å²) >= 11 is 1.97. The standard InChI is InChI=1S/C16H17NS/c1-12-14-10-6-7-11-15(14)17(2)16(12)18-13-8-4-3-5-9-13/h3-8,10-11,13H,9H2,1-2H3. The SMILES string of the molecule is Cc1c(SC2C=CC=CC2)n(C)c2ccccc12. The number of hydrogen-bond donors (Lipinski definition) is 0. The van der Waals surface area contributed by atoms with Gasteiger partial charge < -0.3 is 4.57 Å². The minimum Gasteiger partial charge on any atom is -0.339 e. The monoisotopic (exact) mass is 255 g/mol. The van der Waals surface area contributed by atoms with Crippen LogP contribution in [0.4, 0.5) is 0 Å². The molecule has 2 heteroatoms. The quantitative estimate of drug-likeness (QED) is 0.766. The van der Waals surface area contributed by atoms with E-state index in [1.165, 1.54) is 21.5 Å². The summed E-state index contributed by atoms with van der Waals surface area (Å²) in [4.78, 5) is 0. The fraction of sp³-hybridized carbons (Fsp3) is 0.250. The van der Waals surface area contributed by atoms with Gasteiger partial charge in [-0.25, -0.2) is 0 Å². The molecule has 0 amide bonds. The van der Waals surface area contributed by atoms with E-state index < -0.39 is 0 Å². The minimum absolute atomic E-state index is 0.566. The molecule has 92 valence electrons. The topological polar surface area (TPSA) is 4.93 Å². The van der Waals surface area contributed by atoms with Crippen LogP contribution >= 0.6 is 11.8 Å². The fourth-order valence-corrected chi connectivity index (χ4v) is 3.72. The van der Waals surface area contributed by atoms with Gasteiger partial charge in [0, 0.05) is 23.2 Å². The molecular weight excluding hydrogens is 238 g/mol. The van der Waals surface area contributed by atoms with Crippen molar-refractivity contribution in [3.8, 4) is 0 Å². The number of benzene rings is 1. The van der Waals surface area contributed by atoms with Crippen LogP contribution in [0.5, 0.6) is 0 Å². The summed E-state index contributed by atoms with van der Waals surface area (Å²) in [7, 11) is 2.17. The first-order valence-corrected chi connectivity index (χ1v) is 7.19. The summed E-state index contributed by atoms with van der Waals surface area (Å²) < 4.78 is 2.32. The van der Waals surface area contributed by atoms with Crippen molar-refractivity contribution in [2.45, 2.75) is 23.6 Å². The highest BCUT2D eigenvalue weighted by molar-refractivity contribution is 8.00. The maximum atomic E-state index is 2.32. The molecule has 2 aromatic rings. The van der Waals surface area contributed by atoms with Gasteiger partial charge >= 0.3 is 0 Å². The van der Waals surface area contributed by atoms with Crippen LogP contribution in [0.1, 0.15) is 12.0 Å². The molecule has 3 rings (SSSR count). The van der Waals surface area contributed by atoms with Crippen LogP contribution in [-0.2, 0) is 7.05 Å². The number of aromatic nitrogens is 1. The van der Waals surface area contributed by atoms with E-state index in [1.807, 2.05) is 11.8 Å². The maximum Gasteiger partial charge on any atom is 0.0792 e. The summed E-state index contributed by atoms with van der Waals surface area (Å²) in [5.74, 6) is 0. The van der Waals surface area contributed by atoms with Gasteiger partial charge in [-0.15, -0.1) is 11.8 Å². The zero-order chi connectivity index (χ0) is 12.5. The molecule has 1 aliphatic carbocycles. The summed E-state index contributed by atoms with van der Waals surface area (Å²) in [6.07, 6.45) is 9.95. The highest BCUT2D eigenvalue weighted by Crippen LogP contribution is 2.35. The van der Waals surface area contributed by atoms with E-state index in [0.29, 0.717) is 5.25 Å². The molecule has 1 aromatic heterocycles. The predicted octanol–water partition coefficient (Wildman–Crippen LogP) is 4.46.